The number of rotatable bonds is 8. The molecule has 0 radical (unpaired) electrons. The van der Waals surface area contributed by atoms with Crippen molar-refractivity contribution in [1.82, 2.24) is 9.97 Å². The maximum Gasteiger partial charge on any atom is 0.418 e. The van der Waals surface area contributed by atoms with Crippen LogP contribution in [0.15, 0.2) is 30.5 Å². The topological polar surface area (TPSA) is 64.2 Å². The summed E-state index contributed by atoms with van der Waals surface area (Å²) in [7, 11) is 0. The summed E-state index contributed by atoms with van der Waals surface area (Å²) in [6.45, 7) is 1.83. The summed E-state index contributed by atoms with van der Waals surface area (Å²) in [5.74, 6) is -0.749. The molecule has 0 aliphatic heterocycles. The number of nitrogens with one attached hydrogen (secondary N) is 1. The highest BCUT2D eigenvalue weighted by Gasteiger charge is 2.37. The molecule has 1 aliphatic rings. The first-order valence-corrected chi connectivity index (χ1v) is 11.4. The first-order valence-electron chi connectivity index (χ1n) is 11.4. The number of pyridine rings is 1. The molecule has 5 nitrogen and oxygen atoms in total. The molecule has 2 aromatic heterocycles. The van der Waals surface area contributed by atoms with Gasteiger partial charge in [0.1, 0.15) is 12.4 Å². The van der Waals surface area contributed by atoms with Crippen molar-refractivity contribution in [3.63, 3.8) is 0 Å². The summed E-state index contributed by atoms with van der Waals surface area (Å²) in [5.41, 5.74) is 0.505. The Kier molecular flexibility index (Phi) is 7.09. The average molecular weight is 478 g/mol. The number of fused-ring (bicyclic) bond motifs is 1. The van der Waals surface area contributed by atoms with E-state index in [1.165, 1.54) is 12.3 Å². The Hall–Kier alpha value is -3.10. The minimum absolute atomic E-state index is 0.0479. The van der Waals surface area contributed by atoms with Crippen LogP contribution in [0, 0.1) is 5.82 Å². The van der Waals surface area contributed by atoms with E-state index in [4.69, 9.17) is 9.47 Å². The average Bonchev–Trinajstić information content (AvgIpc) is 3.44. The molecule has 0 unspecified atom stereocenters. The number of aromatic nitrogens is 2. The van der Waals surface area contributed by atoms with Gasteiger partial charge in [-0.25, -0.2) is 4.39 Å². The van der Waals surface area contributed by atoms with Gasteiger partial charge in [-0.05, 0) is 44.0 Å². The fraction of sp³-hybridized carbons (Fsp3) is 0.440. The van der Waals surface area contributed by atoms with Gasteiger partial charge >= 0.3 is 12.1 Å². The number of hydrogen-bond donors (Lipinski definition) is 1. The Morgan fingerprint density at radius 3 is 2.68 bits per heavy atom. The number of carbonyl (C=O) groups is 1. The number of carbonyl (C=O) groups excluding carboxylic acids is 1. The van der Waals surface area contributed by atoms with Crippen molar-refractivity contribution in [2.24, 2.45) is 0 Å². The first kappa shape index (κ1) is 24.0. The third-order valence-electron chi connectivity index (χ3n) is 6.09. The van der Waals surface area contributed by atoms with Crippen molar-refractivity contribution in [1.29, 1.82) is 0 Å². The van der Waals surface area contributed by atoms with Crippen molar-refractivity contribution >= 4 is 16.9 Å². The van der Waals surface area contributed by atoms with Crippen LogP contribution in [0.1, 0.15) is 67.5 Å². The number of aryl methyl sites for hydroxylation is 1. The smallest absolute Gasteiger partial charge is 0.418 e. The molecular weight excluding hydrogens is 452 g/mol. The molecule has 0 atom stereocenters. The van der Waals surface area contributed by atoms with Gasteiger partial charge in [-0.15, -0.1) is 0 Å². The minimum atomic E-state index is -4.49. The van der Waals surface area contributed by atoms with Crippen LogP contribution in [0.3, 0.4) is 0 Å². The molecule has 1 aromatic carbocycles. The molecule has 9 heteroatoms. The molecule has 0 bridgehead atoms. The van der Waals surface area contributed by atoms with Crippen LogP contribution in [-0.4, -0.2) is 22.5 Å². The van der Waals surface area contributed by atoms with E-state index < -0.39 is 23.5 Å². The first-order chi connectivity index (χ1) is 16.3. The number of nitrogens with zero attached hydrogens (tertiary/aromatic N) is 1. The lowest BCUT2D eigenvalue weighted by molar-refractivity contribution is -0.143. The van der Waals surface area contributed by atoms with Crippen LogP contribution in [0.4, 0.5) is 17.6 Å². The minimum Gasteiger partial charge on any atom is -0.489 e. The molecular formula is C25H26F4N2O3. The van der Waals surface area contributed by atoms with Gasteiger partial charge in [-0.2, -0.15) is 13.2 Å². The number of ether oxygens (including phenoxy) is 2. The Bertz CT molecular complexity index is 1170. The molecule has 1 saturated carbocycles. The highest BCUT2D eigenvalue weighted by Crippen LogP contribution is 2.40. The van der Waals surface area contributed by atoms with Crippen LogP contribution in [0.25, 0.3) is 10.9 Å². The zero-order chi connectivity index (χ0) is 24.3. The van der Waals surface area contributed by atoms with Gasteiger partial charge in [0.25, 0.3) is 0 Å². The third kappa shape index (κ3) is 5.34. The summed E-state index contributed by atoms with van der Waals surface area (Å²) in [4.78, 5) is 18.6. The molecule has 4 rings (SSSR count). The van der Waals surface area contributed by atoms with E-state index in [1.54, 1.807) is 19.1 Å². The SMILES string of the molecule is CCOC(=O)CCc1[nH]c2ccc(OCc3cnc(C4CCCC4)c(C(F)(F)F)c3)cc2c1F. The van der Waals surface area contributed by atoms with E-state index >= 15 is 0 Å². The van der Waals surface area contributed by atoms with Gasteiger partial charge in [-0.1, -0.05) is 12.8 Å². The standard InChI is InChI=1S/C25H26F4N2O3/c1-2-33-22(32)10-9-21-23(26)18-12-17(7-8-20(18)31-21)34-14-15-11-19(25(27,28)29)24(30-13-15)16-5-3-4-6-16/h7-8,11-13,16,31H,2-6,9-10,14H2,1H3. The predicted octanol–water partition coefficient (Wildman–Crippen LogP) is 6.45. The predicted molar refractivity (Wildman–Crippen MR) is 118 cm³/mol. The largest absolute Gasteiger partial charge is 0.489 e. The van der Waals surface area contributed by atoms with Crippen molar-refractivity contribution in [3.8, 4) is 5.75 Å². The molecule has 1 N–H and O–H groups in total. The zero-order valence-corrected chi connectivity index (χ0v) is 18.8. The zero-order valence-electron chi connectivity index (χ0n) is 18.8. The molecule has 0 spiro atoms. The van der Waals surface area contributed by atoms with Crippen molar-refractivity contribution in [2.45, 2.75) is 64.1 Å². The molecule has 182 valence electrons. The molecule has 1 aliphatic carbocycles. The van der Waals surface area contributed by atoms with Crippen molar-refractivity contribution in [2.75, 3.05) is 6.61 Å². The van der Waals surface area contributed by atoms with E-state index in [9.17, 15) is 22.4 Å². The lowest BCUT2D eigenvalue weighted by Crippen LogP contribution is -2.14. The lowest BCUT2D eigenvalue weighted by Gasteiger charge is -2.17. The van der Waals surface area contributed by atoms with E-state index in [-0.39, 0.29) is 48.7 Å². The van der Waals surface area contributed by atoms with E-state index in [2.05, 4.69) is 9.97 Å². The number of halogens is 4. The quantitative estimate of drug-likeness (QED) is 0.298. The molecule has 0 amide bonds. The molecule has 0 saturated heterocycles. The number of benzene rings is 1. The highest BCUT2D eigenvalue weighted by atomic mass is 19.4. The van der Waals surface area contributed by atoms with Gasteiger partial charge in [-0.3, -0.25) is 9.78 Å². The summed E-state index contributed by atoms with van der Waals surface area (Å²) in [6, 6.07) is 5.83. The van der Waals surface area contributed by atoms with Crippen molar-refractivity contribution < 1.29 is 31.8 Å². The van der Waals surface area contributed by atoms with E-state index in [0.29, 0.717) is 16.8 Å². The summed E-state index contributed by atoms with van der Waals surface area (Å²) < 4.78 is 66.3. The third-order valence-corrected chi connectivity index (χ3v) is 6.09. The van der Waals surface area contributed by atoms with Gasteiger partial charge in [0.2, 0.25) is 0 Å². The van der Waals surface area contributed by atoms with Gasteiger partial charge in [0.15, 0.2) is 5.82 Å². The Balaban J connectivity index is 1.48. The highest BCUT2D eigenvalue weighted by molar-refractivity contribution is 5.83. The summed E-state index contributed by atoms with van der Waals surface area (Å²) in [6.07, 6.45) is 0.404. The van der Waals surface area contributed by atoms with Crippen LogP contribution >= 0.6 is 0 Å². The number of aromatic amines is 1. The number of H-pyrrole nitrogens is 1. The maximum absolute atomic E-state index is 14.8. The second kappa shape index (κ2) is 10.0. The number of hydrogen-bond acceptors (Lipinski definition) is 4. The van der Waals surface area contributed by atoms with Gasteiger partial charge in [0.05, 0.1) is 30.0 Å². The van der Waals surface area contributed by atoms with Crippen molar-refractivity contribution in [3.05, 3.63) is 58.8 Å². The van der Waals surface area contributed by atoms with E-state index in [1.807, 2.05) is 0 Å². The number of alkyl halides is 3. The molecule has 1 fully saturated rings. The summed E-state index contributed by atoms with van der Waals surface area (Å²) in [5, 5.41) is 0.280. The second-order valence-electron chi connectivity index (χ2n) is 8.47. The summed E-state index contributed by atoms with van der Waals surface area (Å²) >= 11 is 0. The Morgan fingerprint density at radius 1 is 1.21 bits per heavy atom. The Morgan fingerprint density at radius 2 is 1.97 bits per heavy atom. The maximum atomic E-state index is 14.8. The Labute approximate surface area is 194 Å². The second-order valence-corrected chi connectivity index (χ2v) is 8.47. The van der Waals surface area contributed by atoms with Crippen LogP contribution < -0.4 is 4.74 Å². The normalized spacial score (nSPS) is 14.6. The van der Waals surface area contributed by atoms with Gasteiger partial charge in [0, 0.05) is 35.0 Å². The molecule has 34 heavy (non-hydrogen) atoms. The van der Waals surface area contributed by atoms with Crippen LogP contribution in [0.2, 0.25) is 0 Å². The fourth-order valence-electron chi connectivity index (χ4n) is 4.43. The number of esters is 1. The monoisotopic (exact) mass is 478 g/mol. The van der Waals surface area contributed by atoms with E-state index in [0.717, 1.165) is 31.7 Å². The van der Waals surface area contributed by atoms with Gasteiger partial charge < -0.3 is 14.5 Å². The molecule has 3 aromatic rings. The lowest BCUT2D eigenvalue weighted by atomic mass is 9.97. The van der Waals surface area contributed by atoms with Crippen LogP contribution in [0.5, 0.6) is 5.75 Å². The fourth-order valence-corrected chi connectivity index (χ4v) is 4.43. The van der Waals surface area contributed by atoms with Crippen LogP contribution in [-0.2, 0) is 28.7 Å². The molecule has 2 heterocycles.